The molecule has 1 aliphatic heterocycles. The van der Waals surface area contributed by atoms with Gasteiger partial charge in [0.05, 0.1) is 5.92 Å². The summed E-state index contributed by atoms with van der Waals surface area (Å²) in [6.07, 6.45) is 2.78. The van der Waals surface area contributed by atoms with E-state index in [-0.39, 0.29) is 11.9 Å². The van der Waals surface area contributed by atoms with E-state index in [4.69, 9.17) is 4.52 Å². The van der Waals surface area contributed by atoms with Crippen molar-refractivity contribution >= 4 is 6.03 Å². The molecule has 6 nitrogen and oxygen atoms in total. The Morgan fingerprint density at radius 3 is 2.96 bits per heavy atom. The number of likely N-dealkylation sites (tertiary alicyclic amines) is 1. The van der Waals surface area contributed by atoms with E-state index in [9.17, 15) is 4.79 Å². The number of carbonyl (C=O) groups is 1. The molecule has 0 saturated carbocycles. The number of amides is 2. The lowest BCUT2D eigenvalue weighted by molar-refractivity contribution is 0.172. The van der Waals surface area contributed by atoms with Gasteiger partial charge in [0.25, 0.3) is 0 Å². The average molecular weight is 314 g/mol. The molecule has 1 fully saturated rings. The minimum atomic E-state index is -0.0122. The first-order chi connectivity index (χ1) is 11.2. The minimum Gasteiger partial charge on any atom is -0.339 e. The Balaban J connectivity index is 1.49. The Labute approximate surface area is 135 Å². The van der Waals surface area contributed by atoms with Gasteiger partial charge in [-0.05, 0) is 31.7 Å². The largest absolute Gasteiger partial charge is 0.339 e. The molecule has 1 aromatic heterocycles. The molecular weight excluding hydrogens is 292 g/mol. The van der Waals surface area contributed by atoms with Crippen molar-refractivity contribution < 1.29 is 9.32 Å². The molecule has 1 atom stereocenters. The van der Waals surface area contributed by atoms with Gasteiger partial charge >= 0.3 is 6.03 Å². The number of hydrogen-bond donors (Lipinski definition) is 1. The highest BCUT2D eigenvalue weighted by Crippen LogP contribution is 2.25. The van der Waals surface area contributed by atoms with Crippen LogP contribution >= 0.6 is 0 Å². The summed E-state index contributed by atoms with van der Waals surface area (Å²) < 4.78 is 5.25. The van der Waals surface area contributed by atoms with Gasteiger partial charge in [0.2, 0.25) is 5.89 Å². The van der Waals surface area contributed by atoms with Crippen LogP contribution in [0.1, 0.15) is 36.0 Å². The molecule has 0 aliphatic carbocycles. The van der Waals surface area contributed by atoms with Crippen molar-refractivity contribution in [2.75, 3.05) is 19.6 Å². The number of aryl methyl sites for hydroxylation is 1. The number of rotatable bonds is 4. The highest BCUT2D eigenvalue weighted by molar-refractivity contribution is 5.74. The van der Waals surface area contributed by atoms with E-state index in [1.807, 2.05) is 30.0 Å². The van der Waals surface area contributed by atoms with Crippen LogP contribution in [0.2, 0.25) is 0 Å². The van der Waals surface area contributed by atoms with Gasteiger partial charge in [-0.15, -0.1) is 0 Å². The predicted octanol–water partition coefficient (Wildman–Crippen LogP) is 2.51. The first kappa shape index (κ1) is 15.5. The molecule has 6 heteroatoms. The molecule has 2 amide bonds. The zero-order valence-electron chi connectivity index (χ0n) is 13.4. The van der Waals surface area contributed by atoms with Crippen molar-refractivity contribution in [3.63, 3.8) is 0 Å². The van der Waals surface area contributed by atoms with E-state index in [1.54, 1.807) is 0 Å². The fraction of sp³-hybridized carbons (Fsp3) is 0.471. The second-order valence-electron chi connectivity index (χ2n) is 5.93. The first-order valence-electron chi connectivity index (χ1n) is 8.09. The minimum absolute atomic E-state index is 0.0122. The van der Waals surface area contributed by atoms with Crippen molar-refractivity contribution in [2.45, 2.75) is 32.1 Å². The van der Waals surface area contributed by atoms with Crippen LogP contribution in [0.3, 0.4) is 0 Å². The third kappa shape index (κ3) is 4.09. The molecule has 23 heavy (non-hydrogen) atoms. The second-order valence-corrected chi connectivity index (χ2v) is 5.93. The molecule has 0 spiro atoms. The summed E-state index contributed by atoms with van der Waals surface area (Å²) in [5.41, 5.74) is 1.23. The number of nitrogens with one attached hydrogen (secondary N) is 1. The van der Waals surface area contributed by atoms with Gasteiger partial charge in [-0.3, -0.25) is 0 Å². The van der Waals surface area contributed by atoms with Gasteiger partial charge in [0.1, 0.15) is 0 Å². The van der Waals surface area contributed by atoms with Crippen LogP contribution in [-0.4, -0.2) is 40.7 Å². The maximum Gasteiger partial charge on any atom is 0.317 e. The van der Waals surface area contributed by atoms with Crippen molar-refractivity contribution in [3.05, 3.63) is 47.6 Å². The Hall–Kier alpha value is -2.37. The molecule has 0 bridgehead atoms. The molecule has 122 valence electrons. The number of piperidine rings is 1. The molecule has 1 aromatic carbocycles. The van der Waals surface area contributed by atoms with E-state index in [2.05, 4.69) is 27.6 Å². The molecule has 0 radical (unpaired) electrons. The van der Waals surface area contributed by atoms with Gasteiger partial charge in [-0.25, -0.2) is 4.79 Å². The van der Waals surface area contributed by atoms with Gasteiger partial charge in [-0.2, -0.15) is 4.98 Å². The molecule has 1 N–H and O–H groups in total. The smallest absolute Gasteiger partial charge is 0.317 e. The zero-order valence-corrected chi connectivity index (χ0v) is 13.4. The van der Waals surface area contributed by atoms with Gasteiger partial charge < -0.3 is 14.7 Å². The molecule has 3 rings (SSSR count). The molecule has 1 aliphatic rings. The Bertz CT molecular complexity index is 641. The highest BCUT2D eigenvalue weighted by Gasteiger charge is 2.28. The van der Waals surface area contributed by atoms with Crippen LogP contribution in [0.15, 0.2) is 34.9 Å². The van der Waals surface area contributed by atoms with E-state index in [1.165, 1.54) is 5.56 Å². The van der Waals surface area contributed by atoms with Crippen molar-refractivity contribution in [1.82, 2.24) is 20.4 Å². The molecule has 1 saturated heterocycles. The number of urea groups is 1. The van der Waals surface area contributed by atoms with Crippen molar-refractivity contribution in [2.24, 2.45) is 0 Å². The summed E-state index contributed by atoms with van der Waals surface area (Å²) in [4.78, 5) is 18.5. The molecule has 0 unspecified atom stereocenters. The molecular formula is C17H22N4O2. The third-order valence-corrected chi connectivity index (χ3v) is 4.13. The average Bonchev–Trinajstić information content (AvgIpc) is 3.02. The second kappa shape index (κ2) is 7.26. The van der Waals surface area contributed by atoms with E-state index < -0.39 is 0 Å². The molecule has 2 aromatic rings. The van der Waals surface area contributed by atoms with Crippen molar-refractivity contribution in [1.29, 1.82) is 0 Å². The maximum absolute atomic E-state index is 12.3. The number of aromatic nitrogens is 2. The van der Waals surface area contributed by atoms with Crippen LogP contribution in [0.25, 0.3) is 0 Å². The summed E-state index contributed by atoms with van der Waals surface area (Å²) >= 11 is 0. The van der Waals surface area contributed by atoms with Crippen LogP contribution in [-0.2, 0) is 6.42 Å². The predicted molar refractivity (Wildman–Crippen MR) is 86.1 cm³/mol. The van der Waals surface area contributed by atoms with Crippen molar-refractivity contribution in [3.8, 4) is 0 Å². The monoisotopic (exact) mass is 314 g/mol. The first-order valence-corrected chi connectivity index (χ1v) is 8.09. The summed E-state index contributed by atoms with van der Waals surface area (Å²) in [6, 6.07) is 10.1. The summed E-state index contributed by atoms with van der Waals surface area (Å²) in [5, 5.41) is 6.84. The lowest BCUT2D eigenvalue weighted by atomic mass is 9.98. The quantitative estimate of drug-likeness (QED) is 0.941. The fourth-order valence-corrected chi connectivity index (χ4v) is 2.91. The van der Waals surface area contributed by atoms with E-state index >= 15 is 0 Å². The van der Waals surface area contributed by atoms with Crippen LogP contribution < -0.4 is 5.32 Å². The van der Waals surface area contributed by atoms with Gasteiger partial charge in [0.15, 0.2) is 5.82 Å². The fourth-order valence-electron chi connectivity index (χ4n) is 2.91. The number of hydrogen-bond acceptors (Lipinski definition) is 4. The molecule has 2 heterocycles. The number of benzene rings is 1. The Morgan fingerprint density at radius 2 is 2.22 bits per heavy atom. The maximum atomic E-state index is 12.3. The summed E-state index contributed by atoms with van der Waals surface area (Å²) in [7, 11) is 0. The van der Waals surface area contributed by atoms with Crippen LogP contribution in [0.4, 0.5) is 4.79 Å². The lowest BCUT2D eigenvalue weighted by Crippen LogP contribution is -2.45. The lowest BCUT2D eigenvalue weighted by Gasteiger charge is -2.31. The third-order valence-electron chi connectivity index (χ3n) is 4.13. The van der Waals surface area contributed by atoms with E-state index in [0.717, 1.165) is 25.8 Å². The highest BCUT2D eigenvalue weighted by atomic mass is 16.5. The Kier molecular flexibility index (Phi) is 4.90. The van der Waals surface area contributed by atoms with Gasteiger partial charge in [-0.1, -0.05) is 35.5 Å². The standard InChI is InChI=1S/C17H22N4O2/c1-13-19-16(23-20-13)15-8-5-11-21(12-15)17(22)18-10-9-14-6-3-2-4-7-14/h2-4,6-7,15H,5,8-12H2,1H3,(H,18,22)/t15-/m0/s1. The normalized spacial score (nSPS) is 18.0. The Morgan fingerprint density at radius 1 is 1.39 bits per heavy atom. The van der Waals surface area contributed by atoms with Gasteiger partial charge in [0, 0.05) is 19.6 Å². The van der Waals surface area contributed by atoms with Crippen LogP contribution in [0, 0.1) is 6.92 Å². The summed E-state index contributed by atoms with van der Waals surface area (Å²) in [6.45, 7) is 3.87. The zero-order chi connectivity index (χ0) is 16.1. The summed E-state index contributed by atoms with van der Waals surface area (Å²) in [5.74, 6) is 1.43. The number of carbonyl (C=O) groups excluding carboxylic acids is 1. The number of nitrogens with zero attached hydrogens (tertiary/aromatic N) is 3. The SMILES string of the molecule is Cc1noc([C@H]2CCCN(C(=O)NCCc3ccccc3)C2)n1. The van der Waals surface area contributed by atoms with Crippen LogP contribution in [0.5, 0.6) is 0 Å². The van der Waals surface area contributed by atoms with E-state index in [0.29, 0.717) is 24.8 Å². The topological polar surface area (TPSA) is 71.3 Å².